The van der Waals surface area contributed by atoms with E-state index in [0.29, 0.717) is 11.4 Å². The van der Waals surface area contributed by atoms with E-state index in [-0.39, 0.29) is 5.92 Å². The lowest BCUT2D eigenvalue weighted by molar-refractivity contribution is 0.161. The van der Waals surface area contributed by atoms with E-state index in [0.717, 1.165) is 11.3 Å². The molecule has 2 aromatic rings. The normalized spacial score (nSPS) is 14.2. The summed E-state index contributed by atoms with van der Waals surface area (Å²) in [6, 6.07) is 13.7. The van der Waals surface area contributed by atoms with Crippen LogP contribution >= 0.6 is 11.6 Å². The molecule has 0 aliphatic rings. The number of halogens is 1. The first-order valence-electron chi connectivity index (χ1n) is 6.00. The summed E-state index contributed by atoms with van der Waals surface area (Å²) in [5.41, 5.74) is 2.07. The summed E-state index contributed by atoms with van der Waals surface area (Å²) in [6.07, 6.45) is 1.93. The number of aliphatic hydroxyl groups excluding tert-OH is 1. The van der Waals surface area contributed by atoms with E-state index in [1.807, 2.05) is 49.4 Å². The van der Waals surface area contributed by atoms with Gasteiger partial charge in [-0.05, 0) is 31.0 Å². The fraction of sp³-hybridized carbons (Fsp3) is 0.267. The number of hydrogen-bond acceptors (Lipinski definition) is 2. The minimum atomic E-state index is -0.412. The Balaban J connectivity index is 2.19. The number of benzene rings is 1. The summed E-state index contributed by atoms with van der Waals surface area (Å²) < 4.78 is 0. The van der Waals surface area contributed by atoms with E-state index in [1.54, 1.807) is 6.20 Å². The summed E-state index contributed by atoms with van der Waals surface area (Å²) in [5, 5.41) is 10.6. The fourth-order valence-electron chi connectivity index (χ4n) is 2.02. The fourth-order valence-corrected chi connectivity index (χ4v) is 2.13. The minimum absolute atomic E-state index is 0.0554. The van der Waals surface area contributed by atoms with Crippen LogP contribution in [0.25, 0.3) is 0 Å². The van der Waals surface area contributed by atoms with Crippen LogP contribution in [-0.2, 0) is 6.42 Å². The number of aliphatic hydroxyl groups is 1. The first-order chi connectivity index (χ1) is 8.66. The van der Waals surface area contributed by atoms with Crippen molar-refractivity contribution < 1.29 is 5.11 Å². The maximum absolute atomic E-state index is 9.93. The molecule has 2 rings (SSSR count). The van der Waals surface area contributed by atoms with E-state index in [9.17, 15) is 5.11 Å². The summed E-state index contributed by atoms with van der Waals surface area (Å²) in [7, 11) is 0. The van der Waals surface area contributed by atoms with Crippen molar-refractivity contribution in [1.82, 2.24) is 4.98 Å². The van der Waals surface area contributed by atoms with Crippen molar-refractivity contribution in [2.75, 3.05) is 0 Å². The lowest BCUT2D eigenvalue weighted by Gasteiger charge is -2.20. The van der Waals surface area contributed by atoms with Gasteiger partial charge in [-0.3, -0.25) is 4.98 Å². The Morgan fingerprint density at radius 3 is 2.44 bits per heavy atom. The predicted octanol–water partition coefficient (Wildman–Crippen LogP) is 3.44. The molecule has 1 aromatic heterocycles. The molecular weight excluding hydrogens is 246 g/mol. The third-order valence-corrected chi connectivity index (χ3v) is 3.25. The first-order valence-corrected chi connectivity index (χ1v) is 6.38. The Kier molecular flexibility index (Phi) is 4.34. The quantitative estimate of drug-likeness (QED) is 0.915. The van der Waals surface area contributed by atoms with E-state index >= 15 is 0 Å². The van der Waals surface area contributed by atoms with Crippen LogP contribution in [0.4, 0.5) is 0 Å². The van der Waals surface area contributed by atoms with Crippen molar-refractivity contribution in [3.05, 3.63) is 64.9 Å². The number of hydrogen-bond donors (Lipinski definition) is 1. The summed E-state index contributed by atoms with van der Waals surface area (Å²) >= 11 is 5.82. The Hall–Kier alpha value is -1.38. The van der Waals surface area contributed by atoms with Gasteiger partial charge in [-0.2, -0.15) is 0 Å². The first kappa shape index (κ1) is 13.1. The zero-order valence-electron chi connectivity index (χ0n) is 10.3. The second-order valence-corrected chi connectivity index (χ2v) is 4.87. The topological polar surface area (TPSA) is 33.1 Å². The molecule has 18 heavy (non-hydrogen) atoms. The van der Waals surface area contributed by atoms with Crippen molar-refractivity contribution in [3.63, 3.8) is 0 Å². The molecule has 3 heteroatoms. The third-order valence-electron chi connectivity index (χ3n) is 3.03. The lowest BCUT2D eigenvalue weighted by atomic mass is 9.90. The van der Waals surface area contributed by atoms with Gasteiger partial charge in [-0.25, -0.2) is 0 Å². The molecule has 2 unspecified atom stereocenters. The Bertz CT molecular complexity index is 482. The van der Waals surface area contributed by atoms with E-state index in [2.05, 4.69) is 4.98 Å². The summed E-state index contributed by atoms with van der Waals surface area (Å²) in [5.74, 6) is 0.0554. The summed E-state index contributed by atoms with van der Waals surface area (Å²) in [4.78, 5) is 4.28. The van der Waals surface area contributed by atoms with Gasteiger partial charge in [0.25, 0.3) is 0 Å². The van der Waals surface area contributed by atoms with Crippen LogP contribution in [0, 0.1) is 0 Å². The molecule has 0 aliphatic heterocycles. The van der Waals surface area contributed by atoms with E-state index < -0.39 is 6.10 Å². The molecule has 0 saturated heterocycles. The van der Waals surface area contributed by atoms with Crippen LogP contribution < -0.4 is 0 Å². The van der Waals surface area contributed by atoms with Gasteiger partial charge in [0.05, 0.1) is 11.1 Å². The molecule has 0 fully saturated rings. The molecule has 2 nitrogen and oxygen atoms in total. The second-order valence-electron chi connectivity index (χ2n) is 4.43. The Morgan fingerprint density at radius 1 is 1.17 bits per heavy atom. The van der Waals surface area contributed by atoms with E-state index in [1.165, 1.54) is 0 Å². The zero-order chi connectivity index (χ0) is 13.0. The van der Waals surface area contributed by atoms with Crippen molar-refractivity contribution in [2.24, 2.45) is 0 Å². The number of pyridine rings is 1. The van der Waals surface area contributed by atoms with Gasteiger partial charge < -0.3 is 5.11 Å². The average Bonchev–Trinajstić information content (AvgIpc) is 2.38. The van der Waals surface area contributed by atoms with Crippen LogP contribution in [-0.4, -0.2) is 16.2 Å². The van der Waals surface area contributed by atoms with Crippen LogP contribution in [0.5, 0.6) is 0 Å². The van der Waals surface area contributed by atoms with Gasteiger partial charge in [0.15, 0.2) is 0 Å². The standard InChI is InChI=1S/C15H16ClNO/c1-11(18)15(12-5-3-2-4-6-12)9-14-8-7-13(16)10-17-14/h2-8,10-11,15,18H,9H2,1H3. The molecule has 0 saturated carbocycles. The van der Waals surface area contributed by atoms with Crippen LogP contribution in [0.1, 0.15) is 24.1 Å². The maximum atomic E-state index is 9.93. The van der Waals surface area contributed by atoms with Crippen molar-refractivity contribution >= 4 is 11.6 Å². The van der Waals surface area contributed by atoms with Crippen LogP contribution in [0.15, 0.2) is 48.7 Å². The molecule has 0 aliphatic carbocycles. The van der Waals surface area contributed by atoms with E-state index in [4.69, 9.17) is 11.6 Å². The predicted molar refractivity (Wildman–Crippen MR) is 73.8 cm³/mol. The Labute approximate surface area is 112 Å². The van der Waals surface area contributed by atoms with Crippen molar-refractivity contribution in [1.29, 1.82) is 0 Å². The summed E-state index contributed by atoms with van der Waals surface area (Å²) in [6.45, 7) is 1.81. The molecule has 94 valence electrons. The number of nitrogens with zero attached hydrogens (tertiary/aromatic N) is 1. The van der Waals surface area contributed by atoms with Gasteiger partial charge in [-0.1, -0.05) is 41.9 Å². The Morgan fingerprint density at radius 2 is 1.89 bits per heavy atom. The number of rotatable bonds is 4. The molecule has 0 radical (unpaired) electrons. The zero-order valence-corrected chi connectivity index (χ0v) is 11.0. The van der Waals surface area contributed by atoms with Crippen LogP contribution in [0.2, 0.25) is 5.02 Å². The van der Waals surface area contributed by atoms with Gasteiger partial charge in [0, 0.05) is 17.8 Å². The van der Waals surface area contributed by atoms with Crippen LogP contribution in [0.3, 0.4) is 0 Å². The molecule has 1 heterocycles. The highest BCUT2D eigenvalue weighted by atomic mass is 35.5. The maximum Gasteiger partial charge on any atom is 0.0589 e. The third kappa shape index (κ3) is 3.31. The number of aromatic nitrogens is 1. The monoisotopic (exact) mass is 261 g/mol. The highest BCUT2D eigenvalue weighted by Crippen LogP contribution is 2.24. The van der Waals surface area contributed by atoms with Gasteiger partial charge in [0.2, 0.25) is 0 Å². The minimum Gasteiger partial charge on any atom is -0.393 e. The molecule has 1 N–H and O–H groups in total. The van der Waals surface area contributed by atoms with Crippen molar-refractivity contribution in [2.45, 2.75) is 25.4 Å². The largest absolute Gasteiger partial charge is 0.393 e. The molecule has 2 atom stereocenters. The molecule has 0 bridgehead atoms. The second kappa shape index (κ2) is 5.98. The SMILES string of the molecule is CC(O)C(Cc1ccc(Cl)cn1)c1ccccc1. The lowest BCUT2D eigenvalue weighted by Crippen LogP contribution is -2.17. The highest BCUT2D eigenvalue weighted by molar-refractivity contribution is 6.30. The van der Waals surface area contributed by atoms with Gasteiger partial charge >= 0.3 is 0 Å². The molecule has 0 amide bonds. The van der Waals surface area contributed by atoms with Crippen molar-refractivity contribution in [3.8, 4) is 0 Å². The molecule has 1 aromatic carbocycles. The van der Waals surface area contributed by atoms with Gasteiger partial charge in [-0.15, -0.1) is 0 Å². The van der Waals surface area contributed by atoms with Gasteiger partial charge in [0.1, 0.15) is 0 Å². The average molecular weight is 262 g/mol. The highest BCUT2D eigenvalue weighted by Gasteiger charge is 2.18. The molecular formula is C15H16ClNO. The smallest absolute Gasteiger partial charge is 0.0589 e. The molecule has 0 spiro atoms.